The number of esters is 1. The number of quaternary nitrogens is 2. The van der Waals surface area contributed by atoms with Crippen LogP contribution in [0.15, 0.2) is 72.8 Å². The number of benzene rings is 4. The predicted octanol–water partition coefficient (Wildman–Crippen LogP) is 6.60. The number of anilines is 2. The highest BCUT2D eigenvalue weighted by atomic mass is 19.4. The summed E-state index contributed by atoms with van der Waals surface area (Å²) < 4.78 is 69.7. The number of rotatable bonds is 12. The van der Waals surface area contributed by atoms with E-state index in [0.29, 0.717) is 22.7 Å². The molecular formula is C36H42F4N4O5+2. The predicted molar refractivity (Wildman–Crippen MR) is 181 cm³/mol. The van der Waals surface area contributed by atoms with Gasteiger partial charge in [-0.05, 0) is 60.5 Å². The Bertz CT molecular complexity index is 1750. The molecule has 0 atom stereocenters. The Labute approximate surface area is 282 Å². The van der Waals surface area contributed by atoms with Gasteiger partial charge < -0.3 is 30.6 Å². The lowest BCUT2D eigenvalue weighted by atomic mass is 10.1. The van der Waals surface area contributed by atoms with Crippen LogP contribution in [-0.4, -0.2) is 39.0 Å². The summed E-state index contributed by atoms with van der Waals surface area (Å²) in [4.78, 5) is 14.5. The van der Waals surface area contributed by atoms with Gasteiger partial charge in [0.15, 0.2) is 22.9 Å². The molecule has 262 valence electrons. The normalized spacial score (nSPS) is 11.1. The standard InChI is InChI=1S/C23H18F4N2O4.C13H22N2O/c1-32-21-12-16(33-22(30)17-8-6-15(28)11-18(17)23(25,26)27)7-5-14(21)4-2-13-3-9-20(29-31)19(24)10-13;1-4-5-6-9-16-13-10-11(15(2)3)7-8-12(13)14/h2-12,29,31H,28H2,1H3;7-8,10H,4-6,9,14H2,1-3H3/p+2/b4-2+;. The van der Waals surface area contributed by atoms with Gasteiger partial charge >= 0.3 is 12.1 Å². The molecule has 9 nitrogen and oxygen atoms in total. The molecule has 0 aliphatic carbocycles. The average Bonchev–Trinajstić information content (AvgIpc) is 3.06. The molecule has 0 spiro atoms. The van der Waals surface area contributed by atoms with Crippen molar-refractivity contribution in [1.29, 1.82) is 0 Å². The van der Waals surface area contributed by atoms with Crippen LogP contribution in [0.2, 0.25) is 0 Å². The van der Waals surface area contributed by atoms with Crippen molar-refractivity contribution in [2.24, 2.45) is 0 Å². The number of halogens is 4. The van der Waals surface area contributed by atoms with E-state index in [1.807, 2.05) is 26.2 Å². The number of nitrogens with two attached hydrogens (primary N) is 2. The average molecular weight is 687 g/mol. The second-order valence-corrected chi connectivity index (χ2v) is 11.1. The van der Waals surface area contributed by atoms with Crippen LogP contribution in [0.3, 0.4) is 0 Å². The first kappa shape index (κ1) is 38.3. The minimum atomic E-state index is -4.79. The molecule has 0 saturated heterocycles. The highest BCUT2D eigenvalue weighted by molar-refractivity contribution is 5.93. The topological polar surface area (TPSA) is 138 Å². The zero-order chi connectivity index (χ0) is 36.1. The zero-order valence-electron chi connectivity index (χ0n) is 27.8. The fourth-order valence-electron chi connectivity index (χ4n) is 4.46. The van der Waals surface area contributed by atoms with Gasteiger partial charge in [0.2, 0.25) is 0 Å². The molecule has 4 rings (SSSR count). The summed E-state index contributed by atoms with van der Waals surface area (Å²) in [6.07, 6.45) is 1.98. The summed E-state index contributed by atoms with van der Waals surface area (Å²) in [6.45, 7) is 2.98. The fourth-order valence-corrected chi connectivity index (χ4v) is 4.46. The summed E-state index contributed by atoms with van der Waals surface area (Å²) in [5.41, 5.74) is 11.3. The number of hydrogen-bond donors (Lipinski definition) is 4. The Balaban J connectivity index is 0.000000341. The molecule has 0 bridgehead atoms. The smallest absolute Gasteiger partial charge is 0.417 e. The molecule has 49 heavy (non-hydrogen) atoms. The van der Waals surface area contributed by atoms with Gasteiger partial charge in [0.25, 0.3) is 0 Å². The van der Waals surface area contributed by atoms with Gasteiger partial charge in [0.05, 0.1) is 24.8 Å². The van der Waals surface area contributed by atoms with E-state index >= 15 is 0 Å². The second kappa shape index (κ2) is 17.9. The van der Waals surface area contributed by atoms with E-state index in [0.717, 1.165) is 36.2 Å². The van der Waals surface area contributed by atoms with Crippen LogP contribution < -0.4 is 36.1 Å². The second-order valence-electron chi connectivity index (χ2n) is 11.1. The molecule has 4 aromatic rings. The Kier molecular flexibility index (Phi) is 14.0. The van der Waals surface area contributed by atoms with E-state index in [1.54, 1.807) is 18.2 Å². The van der Waals surface area contributed by atoms with Gasteiger partial charge in [-0.2, -0.15) is 18.7 Å². The van der Waals surface area contributed by atoms with Gasteiger partial charge in [0.1, 0.15) is 11.5 Å². The number of methoxy groups -OCH3 is 1. The number of ether oxygens (including phenoxy) is 3. The highest BCUT2D eigenvalue weighted by Gasteiger charge is 2.36. The lowest BCUT2D eigenvalue weighted by molar-refractivity contribution is -0.826. The lowest BCUT2D eigenvalue weighted by Gasteiger charge is -2.14. The van der Waals surface area contributed by atoms with E-state index in [-0.39, 0.29) is 22.9 Å². The van der Waals surface area contributed by atoms with Crippen LogP contribution in [0.5, 0.6) is 17.2 Å². The van der Waals surface area contributed by atoms with Crippen molar-refractivity contribution in [1.82, 2.24) is 0 Å². The summed E-state index contributed by atoms with van der Waals surface area (Å²) in [7, 11) is 5.42. The SMILES string of the molecule is CCCCCOc1cc(N(C)C)ccc1[NH3+].COc1cc(OC(=O)c2ccc(N)cc2C(F)(F)F)ccc1/C=C/c1ccc([NH2+]O)c(F)c1. The minimum Gasteiger partial charge on any atom is -0.496 e. The third kappa shape index (κ3) is 11.2. The van der Waals surface area contributed by atoms with Crippen molar-refractivity contribution < 1.29 is 53.0 Å². The van der Waals surface area contributed by atoms with E-state index < -0.39 is 29.1 Å². The first-order valence-electron chi connectivity index (χ1n) is 15.4. The molecule has 8 N–H and O–H groups in total. The third-order valence-corrected chi connectivity index (χ3v) is 7.18. The zero-order valence-corrected chi connectivity index (χ0v) is 27.8. The van der Waals surface area contributed by atoms with Crippen LogP contribution in [-0.2, 0) is 6.18 Å². The summed E-state index contributed by atoms with van der Waals surface area (Å²) in [5.74, 6) is -0.667. The van der Waals surface area contributed by atoms with Crippen molar-refractivity contribution in [2.75, 3.05) is 38.4 Å². The van der Waals surface area contributed by atoms with E-state index in [9.17, 15) is 22.4 Å². The van der Waals surface area contributed by atoms with E-state index in [2.05, 4.69) is 23.6 Å². The number of carbonyl (C=O) groups is 1. The van der Waals surface area contributed by atoms with Crippen molar-refractivity contribution in [2.45, 2.75) is 32.4 Å². The highest BCUT2D eigenvalue weighted by Crippen LogP contribution is 2.34. The van der Waals surface area contributed by atoms with Gasteiger partial charge in [-0.3, -0.25) is 0 Å². The van der Waals surface area contributed by atoms with Crippen molar-refractivity contribution in [3.63, 3.8) is 0 Å². The van der Waals surface area contributed by atoms with Gasteiger partial charge in [0, 0.05) is 55.3 Å². The van der Waals surface area contributed by atoms with Crippen molar-refractivity contribution in [3.05, 3.63) is 101 Å². The monoisotopic (exact) mass is 686 g/mol. The molecule has 0 unspecified atom stereocenters. The first-order chi connectivity index (χ1) is 23.3. The maximum absolute atomic E-state index is 13.8. The first-order valence-corrected chi connectivity index (χ1v) is 15.4. The quantitative estimate of drug-likeness (QED) is 0.0251. The summed E-state index contributed by atoms with van der Waals surface area (Å²) in [6, 6.07) is 17.4. The van der Waals surface area contributed by atoms with Crippen LogP contribution in [0.1, 0.15) is 53.2 Å². The largest absolute Gasteiger partial charge is 0.496 e. The number of unbranched alkanes of at least 4 members (excludes halogenated alkanes) is 2. The molecule has 0 radical (unpaired) electrons. The van der Waals surface area contributed by atoms with Crippen LogP contribution in [0.4, 0.5) is 40.3 Å². The van der Waals surface area contributed by atoms with E-state index in [4.69, 9.17) is 25.2 Å². The Morgan fingerprint density at radius 1 is 0.980 bits per heavy atom. The number of nitrogen functional groups attached to an aromatic ring is 1. The fraction of sp³-hybridized carbons (Fsp3) is 0.250. The molecule has 4 aromatic carbocycles. The van der Waals surface area contributed by atoms with Gasteiger partial charge in [-0.1, -0.05) is 31.9 Å². The Morgan fingerprint density at radius 3 is 2.37 bits per heavy atom. The molecule has 0 heterocycles. The number of hydrogen-bond acceptors (Lipinski definition) is 7. The molecule has 13 heteroatoms. The Morgan fingerprint density at radius 2 is 1.73 bits per heavy atom. The molecular weight excluding hydrogens is 644 g/mol. The molecule has 0 aromatic heterocycles. The lowest BCUT2D eigenvalue weighted by Crippen LogP contribution is -2.74. The van der Waals surface area contributed by atoms with Crippen LogP contribution in [0.25, 0.3) is 12.2 Å². The van der Waals surface area contributed by atoms with Crippen LogP contribution >= 0.6 is 0 Å². The van der Waals surface area contributed by atoms with Gasteiger partial charge in [-0.25, -0.2) is 14.4 Å². The summed E-state index contributed by atoms with van der Waals surface area (Å²) >= 11 is 0. The molecule has 0 amide bonds. The minimum absolute atomic E-state index is 0.0344. The number of carbonyl (C=O) groups excluding carboxylic acids is 1. The third-order valence-electron chi connectivity index (χ3n) is 7.18. The van der Waals surface area contributed by atoms with Crippen molar-refractivity contribution in [3.8, 4) is 17.2 Å². The van der Waals surface area contributed by atoms with Gasteiger partial charge in [-0.15, -0.1) is 0 Å². The molecule has 0 aliphatic rings. The Hall–Kier alpha value is -5.11. The molecule has 0 saturated carbocycles. The molecule has 0 aliphatic heterocycles. The number of nitrogens with zero attached hydrogens (tertiary/aromatic N) is 1. The van der Waals surface area contributed by atoms with Crippen LogP contribution in [0, 0.1) is 5.82 Å². The van der Waals surface area contributed by atoms with Crippen molar-refractivity contribution >= 4 is 40.9 Å². The summed E-state index contributed by atoms with van der Waals surface area (Å²) in [5, 5.41) is 8.92. The maximum atomic E-state index is 13.8. The molecule has 0 fully saturated rings. The number of alkyl halides is 3. The van der Waals surface area contributed by atoms with E-state index in [1.165, 1.54) is 56.3 Å². The maximum Gasteiger partial charge on any atom is 0.417 e.